The highest BCUT2D eigenvalue weighted by atomic mass is 32.2. The van der Waals surface area contributed by atoms with Crippen LogP contribution in [0.5, 0.6) is 0 Å². The number of aromatic nitrogens is 5. The van der Waals surface area contributed by atoms with E-state index in [-0.39, 0.29) is 0 Å². The summed E-state index contributed by atoms with van der Waals surface area (Å²) in [4.78, 5) is 4.48. The van der Waals surface area contributed by atoms with Crippen molar-refractivity contribution in [3.63, 3.8) is 0 Å². The molecule has 0 amide bonds. The number of hydrogen-bond acceptors (Lipinski definition) is 8. The molecule has 5 rings (SSSR count). The molecule has 1 aromatic carbocycles. The van der Waals surface area contributed by atoms with Crippen molar-refractivity contribution >= 4 is 23.1 Å². The first-order chi connectivity index (χ1) is 14.8. The van der Waals surface area contributed by atoms with Gasteiger partial charge in [0.05, 0.1) is 18.6 Å². The van der Waals surface area contributed by atoms with E-state index in [2.05, 4.69) is 44.0 Å². The summed E-state index contributed by atoms with van der Waals surface area (Å²) in [6.07, 6.45) is 1.67. The Morgan fingerprint density at radius 3 is 2.83 bits per heavy atom. The summed E-state index contributed by atoms with van der Waals surface area (Å²) in [7, 11) is 0. The summed E-state index contributed by atoms with van der Waals surface area (Å²) in [5, 5.41) is 17.7. The molecule has 0 saturated carbocycles. The fraction of sp³-hybridized carbons (Fsp3) is 0.143. The summed E-state index contributed by atoms with van der Waals surface area (Å²) in [6.45, 7) is 2.61. The molecule has 0 spiro atoms. The first-order valence-corrected chi connectivity index (χ1v) is 11.2. The maximum Gasteiger partial charge on any atom is 0.237 e. The SMILES string of the molecule is Cc1ccccc1-c1nnc(SCc2nc(-c3ccsc3)no2)n1Cc1ccco1. The molecule has 0 unspecified atom stereocenters. The van der Waals surface area contributed by atoms with Crippen LogP contribution in [0.1, 0.15) is 17.2 Å². The van der Waals surface area contributed by atoms with Crippen LogP contribution in [-0.4, -0.2) is 24.9 Å². The number of thioether (sulfide) groups is 1. The third kappa shape index (κ3) is 3.81. The maximum atomic E-state index is 5.56. The quantitative estimate of drug-likeness (QED) is 0.321. The van der Waals surface area contributed by atoms with E-state index < -0.39 is 0 Å². The minimum atomic E-state index is 0.501. The zero-order valence-corrected chi connectivity index (χ0v) is 17.7. The van der Waals surface area contributed by atoms with Gasteiger partial charge < -0.3 is 8.94 Å². The molecular weight excluding hydrogens is 418 g/mol. The Kier molecular flexibility index (Phi) is 5.20. The monoisotopic (exact) mass is 435 g/mol. The fourth-order valence-corrected chi connectivity index (χ4v) is 4.48. The van der Waals surface area contributed by atoms with Crippen molar-refractivity contribution in [2.75, 3.05) is 0 Å². The van der Waals surface area contributed by atoms with Crippen LogP contribution in [0.4, 0.5) is 0 Å². The number of benzene rings is 1. The van der Waals surface area contributed by atoms with E-state index >= 15 is 0 Å². The topological polar surface area (TPSA) is 82.8 Å². The Hall–Kier alpha value is -3.17. The molecule has 4 heterocycles. The fourth-order valence-electron chi connectivity index (χ4n) is 3.07. The predicted molar refractivity (Wildman–Crippen MR) is 115 cm³/mol. The Labute approximate surface area is 180 Å². The largest absolute Gasteiger partial charge is 0.467 e. The molecule has 5 aromatic rings. The summed E-state index contributed by atoms with van der Waals surface area (Å²) in [6, 6.07) is 13.9. The molecular formula is C21H17N5O2S2. The molecule has 0 saturated heterocycles. The van der Waals surface area contributed by atoms with E-state index in [4.69, 9.17) is 8.94 Å². The van der Waals surface area contributed by atoms with Crippen molar-refractivity contribution in [1.82, 2.24) is 24.9 Å². The van der Waals surface area contributed by atoms with E-state index in [0.717, 1.165) is 33.4 Å². The second kappa shape index (κ2) is 8.29. The van der Waals surface area contributed by atoms with Gasteiger partial charge in [0.2, 0.25) is 11.7 Å². The number of furan rings is 1. The van der Waals surface area contributed by atoms with Gasteiger partial charge in [-0.15, -0.1) is 10.2 Å². The Bertz CT molecular complexity index is 1240. The zero-order valence-electron chi connectivity index (χ0n) is 16.1. The van der Waals surface area contributed by atoms with Crippen LogP contribution in [0.25, 0.3) is 22.8 Å². The maximum absolute atomic E-state index is 5.56. The first kappa shape index (κ1) is 18.8. The lowest BCUT2D eigenvalue weighted by Gasteiger charge is -2.10. The van der Waals surface area contributed by atoms with Gasteiger partial charge in [0.1, 0.15) is 5.76 Å². The van der Waals surface area contributed by atoms with E-state index in [1.54, 1.807) is 17.6 Å². The first-order valence-electron chi connectivity index (χ1n) is 9.27. The normalized spacial score (nSPS) is 11.2. The Balaban J connectivity index is 1.42. The van der Waals surface area contributed by atoms with E-state index in [9.17, 15) is 0 Å². The van der Waals surface area contributed by atoms with Crippen molar-refractivity contribution in [1.29, 1.82) is 0 Å². The lowest BCUT2D eigenvalue weighted by molar-refractivity contribution is 0.391. The molecule has 0 fully saturated rings. The summed E-state index contributed by atoms with van der Waals surface area (Å²) in [5.41, 5.74) is 3.14. The van der Waals surface area contributed by atoms with E-state index in [1.165, 1.54) is 11.8 Å². The molecule has 0 N–H and O–H groups in total. The van der Waals surface area contributed by atoms with Crippen LogP contribution in [0.15, 0.2) is 73.6 Å². The van der Waals surface area contributed by atoms with Gasteiger partial charge in [0, 0.05) is 16.5 Å². The van der Waals surface area contributed by atoms with Crippen molar-refractivity contribution in [2.45, 2.75) is 24.4 Å². The van der Waals surface area contributed by atoms with Gasteiger partial charge >= 0.3 is 0 Å². The number of hydrogen-bond donors (Lipinski definition) is 0. The molecule has 9 heteroatoms. The Morgan fingerprint density at radius 1 is 1.10 bits per heavy atom. The Morgan fingerprint density at radius 2 is 2.03 bits per heavy atom. The van der Waals surface area contributed by atoms with Crippen LogP contribution in [0.3, 0.4) is 0 Å². The molecule has 150 valence electrons. The molecule has 0 aliphatic carbocycles. The zero-order chi connectivity index (χ0) is 20.3. The van der Waals surface area contributed by atoms with Gasteiger partial charge in [0.15, 0.2) is 11.0 Å². The number of nitrogens with zero attached hydrogens (tertiary/aromatic N) is 5. The van der Waals surface area contributed by atoms with Gasteiger partial charge in [-0.1, -0.05) is 41.2 Å². The summed E-state index contributed by atoms with van der Waals surface area (Å²) < 4.78 is 13.0. The van der Waals surface area contributed by atoms with Crippen molar-refractivity contribution in [2.24, 2.45) is 0 Å². The average molecular weight is 436 g/mol. The summed E-state index contributed by atoms with van der Waals surface area (Å²) >= 11 is 3.11. The van der Waals surface area contributed by atoms with Crippen LogP contribution >= 0.6 is 23.1 Å². The number of rotatable bonds is 7. The number of thiophene rings is 1. The van der Waals surface area contributed by atoms with E-state index in [0.29, 0.717) is 24.0 Å². The van der Waals surface area contributed by atoms with Gasteiger partial charge in [-0.05, 0) is 36.1 Å². The lowest BCUT2D eigenvalue weighted by atomic mass is 10.1. The summed E-state index contributed by atoms with van der Waals surface area (Å²) in [5.74, 6) is 3.29. The lowest BCUT2D eigenvalue weighted by Crippen LogP contribution is -2.04. The second-order valence-corrected chi connectivity index (χ2v) is 8.32. The molecule has 7 nitrogen and oxygen atoms in total. The highest BCUT2D eigenvalue weighted by Gasteiger charge is 2.18. The molecule has 30 heavy (non-hydrogen) atoms. The standard InChI is InChI=1S/C21H17N5O2S2/c1-14-5-2-3-7-17(14)20-23-24-21(26(20)11-16-6-4-9-27-16)30-13-18-22-19(25-28-18)15-8-10-29-12-15/h2-10,12H,11,13H2,1H3. The third-order valence-electron chi connectivity index (χ3n) is 4.57. The van der Waals surface area contributed by atoms with Gasteiger partial charge in [-0.2, -0.15) is 16.3 Å². The average Bonchev–Trinajstić information content (AvgIpc) is 3.55. The van der Waals surface area contributed by atoms with Crippen LogP contribution in [0, 0.1) is 6.92 Å². The van der Waals surface area contributed by atoms with Crippen molar-refractivity contribution < 1.29 is 8.94 Å². The van der Waals surface area contributed by atoms with Crippen molar-refractivity contribution in [3.8, 4) is 22.8 Å². The molecule has 4 aromatic heterocycles. The van der Waals surface area contributed by atoms with Crippen molar-refractivity contribution in [3.05, 3.63) is 76.7 Å². The van der Waals surface area contributed by atoms with Crippen LogP contribution in [0.2, 0.25) is 0 Å². The third-order valence-corrected chi connectivity index (χ3v) is 6.20. The van der Waals surface area contributed by atoms with Crippen LogP contribution in [-0.2, 0) is 12.3 Å². The van der Waals surface area contributed by atoms with Gasteiger partial charge in [0.25, 0.3) is 0 Å². The molecule has 0 aliphatic heterocycles. The van der Waals surface area contributed by atoms with E-state index in [1.807, 2.05) is 41.1 Å². The van der Waals surface area contributed by atoms with Gasteiger partial charge in [-0.25, -0.2) is 0 Å². The second-order valence-electron chi connectivity index (χ2n) is 6.60. The van der Waals surface area contributed by atoms with Crippen LogP contribution < -0.4 is 0 Å². The smallest absolute Gasteiger partial charge is 0.237 e. The minimum Gasteiger partial charge on any atom is -0.467 e. The number of aryl methyl sites for hydroxylation is 1. The van der Waals surface area contributed by atoms with Gasteiger partial charge in [-0.3, -0.25) is 4.57 Å². The highest BCUT2D eigenvalue weighted by molar-refractivity contribution is 7.98. The highest BCUT2D eigenvalue weighted by Crippen LogP contribution is 2.29. The molecule has 0 atom stereocenters. The molecule has 0 aliphatic rings. The predicted octanol–water partition coefficient (Wildman–Crippen LogP) is 5.30. The molecule has 0 bridgehead atoms. The molecule has 0 radical (unpaired) electrons. The minimum absolute atomic E-state index is 0.501.